The molecule has 0 radical (unpaired) electrons. The fourth-order valence-corrected chi connectivity index (χ4v) is 2.73. The van der Waals surface area contributed by atoms with Crippen molar-refractivity contribution in [3.63, 3.8) is 0 Å². The van der Waals surface area contributed by atoms with E-state index < -0.39 is 0 Å². The van der Waals surface area contributed by atoms with Gasteiger partial charge in [-0.3, -0.25) is 4.79 Å². The van der Waals surface area contributed by atoms with E-state index in [0.29, 0.717) is 22.3 Å². The van der Waals surface area contributed by atoms with E-state index >= 15 is 0 Å². The molecule has 1 aromatic heterocycles. The lowest BCUT2D eigenvalue weighted by Crippen LogP contribution is -2.07. The van der Waals surface area contributed by atoms with Gasteiger partial charge in [0, 0.05) is 11.1 Å². The Morgan fingerprint density at radius 3 is 2.24 bits per heavy atom. The zero-order valence-electron chi connectivity index (χ0n) is 12.8. The molecule has 0 amide bonds. The Morgan fingerprint density at radius 2 is 1.52 bits per heavy atom. The third-order valence-electron chi connectivity index (χ3n) is 3.90. The number of benzene rings is 2. The van der Waals surface area contributed by atoms with Crippen molar-refractivity contribution in [3.8, 4) is 11.3 Å². The van der Waals surface area contributed by atoms with Crippen LogP contribution in [0.1, 0.15) is 22.3 Å². The van der Waals surface area contributed by atoms with E-state index in [0.717, 1.165) is 16.7 Å². The normalized spacial score (nSPS) is 11.0. The van der Waals surface area contributed by atoms with Gasteiger partial charge in [0.25, 0.3) is 0 Å². The maximum atomic E-state index is 12.6. The molecule has 1 heterocycles. The number of hydrogen-bond acceptors (Lipinski definition) is 2. The van der Waals surface area contributed by atoms with Crippen LogP contribution in [0.5, 0.6) is 0 Å². The minimum Gasteiger partial charge on any atom is -0.456 e. The van der Waals surface area contributed by atoms with Crippen molar-refractivity contribution in [1.29, 1.82) is 0 Å². The van der Waals surface area contributed by atoms with Crippen LogP contribution in [-0.4, -0.2) is 0 Å². The Bertz CT molecular complexity index is 901. The first kappa shape index (κ1) is 13.6. The molecule has 0 bridgehead atoms. The monoisotopic (exact) mass is 278 g/mol. The molecule has 0 atom stereocenters. The predicted molar refractivity (Wildman–Crippen MR) is 86.9 cm³/mol. The van der Waals surface area contributed by atoms with Gasteiger partial charge in [-0.05, 0) is 45.4 Å². The van der Waals surface area contributed by atoms with Gasteiger partial charge in [-0.2, -0.15) is 0 Å². The molecule has 0 fully saturated rings. The maximum Gasteiger partial charge on any atom is 0.196 e. The predicted octanol–water partition coefficient (Wildman–Crippen LogP) is 4.69. The van der Waals surface area contributed by atoms with Crippen LogP contribution in [0.25, 0.3) is 22.3 Å². The van der Waals surface area contributed by atoms with Gasteiger partial charge in [0.05, 0.1) is 5.39 Å². The second-order valence-electron chi connectivity index (χ2n) is 5.70. The summed E-state index contributed by atoms with van der Waals surface area (Å²) in [5, 5.41) is 0.654. The van der Waals surface area contributed by atoms with E-state index in [2.05, 4.69) is 13.0 Å². The lowest BCUT2D eigenvalue weighted by Gasteiger charge is -2.10. The highest BCUT2D eigenvalue weighted by Gasteiger charge is 2.14. The molecule has 21 heavy (non-hydrogen) atoms. The fourth-order valence-electron chi connectivity index (χ4n) is 2.73. The summed E-state index contributed by atoms with van der Waals surface area (Å²) < 4.78 is 6.04. The Kier molecular flexibility index (Phi) is 3.17. The molecule has 0 unspecified atom stereocenters. The van der Waals surface area contributed by atoms with Crippen molar-refractivity contribution in [2.45, 2.75) is 27.7 Å². The third-order valence-corrected chi connectivity index (χ3v) is 3.90. The molecule has 3 rings (SSSR count). The Hall–Kier alpha value is -2.35. The molecular formula is C19H18O2. The molecule has 0 saturated heterocycles. The lowest BCUT2D eigenvalue weighted by atomic mass is 9.99. The van der Waals surface area contributed by atoms with Gasteiger partial charge in [-0.25, -0.2) is 0 Å². The molecular weight excluding hydrogens is 260 g/mol. The van der Waals surface area contributed by atoms with Crippen LogP contribution in [0.2, 0.25) is 0 Å². The minimum absolute atomic E-state index is 0.0509. The summed E-state index contributed by atoms with van der Waals surface area (Å²) in [6.45, 7) is 7.92. The van der Waals surface area contributed by atoms with E-state index in [1.807, 2.05) is 51.1 Å². The van der Waals surface area contributed by atoms with Gasteiger partial charge in [0.15, 0.2) is 5.43 Å². The Morgan fingerprint density at radius 1 is 0.857 bits per heavy atom. The first-order chi connectivity index (χ1) is 9.97. The van der Waals surface area contributed by atoms with Crippen molar-refractivity contribution in [3.05, 3.63) is 68.9 Å². The molecule has 3 aromatic rings. The minimum atomic E-state index is 0.0509. The van der Waals surface area contributed by atoms with Crippen LogP contribution >= 0.6 is 0 Å². The molecule has 0 saturated carbocycles. The summed E-state index contributed by atoms with van der Waals surface area (Å²) in [5.74, 6) is 0.675. The maximum absolute atomic E-state index is 12.6. The van der Waals surface area contributed by atoms with Crippen LogP contribution < -0.4 is 5.43 Å². The molecule has 106 valence electrons. The second-order valence-corrected chi connectivity index (χ2v) is 5.70. The molecule has 2 aromatic carbocycles. The third kappa shape index (κ3) is 2.27. The van der Waals surface area contributed by atoms with Crippen molar-refractivity contribution < 1.29 is 4.42 Å². The van der Waals surface area contributed by atoms with Crippen LogP contribution in [0.15, 0.2) is 45.6 Å². The molecule has 0 aliphatic rings. The van der Waals surface area contributed by atoms with Crippen molar-refractivity contribution in [2.75, 3.05) is 0 Å². The molecule has 0 aliphatic heterocycles. The highest BCUT2D eigenvalue weighted by Crippen LogP contribution is 2.28. The number of aryl methyl sites for hydroxylation is 3. The van der Waals surface area contributed by atoms with Gasteiger partial charge >= 0.3 is 0 Å². The smallest absolute Gasteiger partial charge is 0.196 e. The summed E-state index contributed by atoms with van der Waals surface area (Å²) in [6, 6.07) is 11.9. The number of fused-ring (bicyclic) bond motifs is 1. The van der Waals surface area contributed by atoms with Crippen LogP contribution in [-0.2, 0) is 0 Å². The van der Waals surface area contributed by atoms with Crippen molar-refractivity contribution >= 4 is 11.0 Å². The van der Waals surface area contributed by atoms with Crippen LogP contribution in [0.4, 0.5) is 0 Å². The quantitative estimate of drug-likeness (QED) is 0.646. The first-order valence-electron chi connectivity index (χ1n) is 7.09. The molecule has 0 aliphatic carbocycles. The number of rotatable bonds is 1. The average Bonchev–Trinajstić information content (AvgIpc) is 2.44. The van der Waals surface area contributed by atoms with Gasteiger partial charge in [-0.15, -0.1) is 0 Å². The summed E-state index contributed by atoms with van der Waals surface area (Å²) >= 11 is 0. The molecule has 0 spiro atoms. The van der Waals surface area contributed by atoms with Crippen molar-refractivity contribution in [2.24, 2.45) is 0 Å². The zero-order valence-corrected chi connectivity index (χ0v) is 12.8. The summed E-state index contributed by atoms with van der Waals surface area (Å²) in [6.07, 6.45) is 0. The van der Waals surface area contributed by atoms with E-state index in [1.54, 1.807) is 0 Å². The lowest BCUT2D eigenvalue weighted by molar-refractivity contribution is 0.613. The second kappa shape index (κ2) is 4.88. The molecule has 0 N–H and O–H groups in total. The number of hydrogen-bond donors (Lipinski definition) is 0. The largest absolute Gasteiger partial charge is 0.456 e. The van der Waals surface area contributed by atoms with Gasteiger partial charge < -0.3 is 4.42 Å². The Labute approximate surface area is 124 Å². The van der Waals surface area contributed by atoms with E-state index in [-0.39, 0.29) is 5.43 Å². The van der Waals surface area contributed by atoms with Crippen LogP contribution in [0.3, 0.4) is 0 Å². The molecule has 2 heteroatoms. The average molecular weight is 278 g/mol. The summed E-state index contributed by atoms with van der Waals surface area (Å²) in [5.41, 5.74) is 5.73. The fraction of sp³-hybridized carbons (Fsp3) is 0.211. The topological polar surface area (TPSA) is 30.2 Å². The zero-order chi connectivity index (χ0) is 15.1. The first-order valence-corrected chi connectivity index (χ1v) is 7.09. The van der Waals surface area contributed by atoms with Gasteiger partial charge in [0.2, 0.25) is 0 Å². The standard InChI is InChI=1S/C19H18O2/c1-11-5-7-15(13(3)9-11)19-14(4)18(20)16-10-12(2)6-8-17(16)21-19/h5-10H,1-4H3. The van der Waals surface area contributed by atoms with Gasteiger partial charge in [0.1, 0.15) is 11.3 Å². The summed E-state index contributed by atoms with van der Waals surface area (Å²) in [7, 11) is 0. The SMILES string of the molecule is Cc1ccc(-c2oc3ccc(C)cc3c(=O)c2C)c(C)c1. The highest BCUT2D eigenvalue weighted by atomic mass is 16.3. The Balaban J connectivity index is 2.36. The van der Waals surface area contributed by atoms with E-state index in [1.165, 1.54) is 5.56 Å². The highest BCUT2D eigenvalue weighted by molar-refractivity contribution is 5.81. The van der Waals surface area contributed by atoms with E-state index in [4.69, 9.17) is 4.42 Å². The van der Waals surface area contributed by atoms with E-state index in [9.17, 15) is 4.79 Å². The van der Waals surface area contributed by atoms with Gasteiger partial charge in [-0.1, -0.05) is 35.4 Å². The van der Waals surface area contributed by atoms with Crippen LogP contribution in [0, 0.1) is 27.7 Å². The summed E-state index contributed by atoms with van der Waals surface area (Å²) in [4.78, 5) is 12.6. The van der Waals surface area contributed by atoms with Crippen molar-refractivity contribution in [1.82, 2.24) is 0 Å². The molecule has 2 nitrogen and oxygen atoms in total.